The van der Waals surface area contributed by atoms with Crippen LogP contribution in [-0.2, 0) is 20.8 Å². The van der Waals surface area contributed by atoms with Gasteiger partial charge in [-0.05, 0) is 44.2 Å². The Hall–Kier alpha value is -3.58. The first-order valence-corrected chi connectivity index (χ1v) is 17.1. The maximum absolute atomic E-state index is 13.8. The highest BCUT2D eigenvalue weighted by molar-refractivity contribution is 5.91. The lowest BCUT2D eigenvalue weighted by molar-refractivity contribution is -0.144. The van der Waals surface area contributed by atoms with E-state index >= 15 is 0 Å². The van der Waals surface area contributed by atoms with E-state index in [4.69, 9.17) is 12.8 Å². The molecule has 49 heavy (non-hydrogen) atoms. The molecule has 0 aromatic heterocycles. The number of benzene rings is 1. The monoisotopic (exact) mass is 690 g/mol. The van der Waals surface area contributed by atoms with Crippen LogP contribution in [0.2, 0.25) is 0 Å². The summed E-state index contributed by atoms with van der Waals surface area (Å²) in [5.74, 6) is 2.73. The number of amides is 3. The first kappa shape index (κ1) is 41.6. The van der Waals surface area contributed by atoms with E-state index in [1.54, 1.807) is 12.1 Å². The Balaban J connectivity index is 2.22. The first-order chi connectivity index (χ1) is 23.2. The molecule has 0 heterocycles. The highest BCUT2D eigenvalue weighted by Crippen LogP contribution is 2.29. The van der Waals surface area contributed by atoms with Gasteiger partial charge < -0.3 is 25.7 Å². The summed E-state index contributed by atoms with van der Waals surface area (Å²) < 4.78 is 38.3. The fourth-order valence-corrected chi connectivity index (χ4v) is 6.16. The van der Waals surface area contributed by atoms with Crippen LogP contribution in [0.5, 0.6) is 0 Å². The number of alkyl halides is 3. The Morgan fingerprint density at radius 2 is 1.57 bits per heavy atom. The van der Waals surface area contributed by atoms with Crippen molar-refractivity contribution in [3.63, 3.8) is 0 Å². The average Bonchev–Trinajstić information content (AvgIpc) is 3.06. The molecular formula is C37H53F3N4O5. The standard InChI is InChI=1S/C37H53F3N4O5/c1-5-7-19-30(36(49)42-31(24-28-17-13-10-14-18-28)34(47)32(45)20-8-6-2)41-35(48)29(23-27-15-11-9-12-16-27)25-33(46)44(4)22-21-43(3)26-37(38,39)40/h1-2,9,11-12,15-16,28-32,34,45,47H,7-8,10,13-14,17-26H2,3-4H3,(H,41,48)(H,42,49)/t29-,30+,31+,32+,34-/m1/s1. The van der Waals surface area contributed by atoms with Crippen molar-refractivity contribution in [2.75, 3.05) is 33.7 Å². The van der Waals surface area contributed by atoms with Crippen LogP contribution < -0.4 is 10.6 Å². The number of likely N-dealkylation sites (N-methyl/N-ethyl adjacent to an activating group) is 2. The van der Waals surface area contributed by atoms with Gasteiger partial charge in [-0.15, -0.1) is 24.7 Å². The fraction of sp³-hybridized carbons (Fsp3) is 0.649. The zero-order valence-electron chi connectivity index (χ0n) is 28.8. The summed E-state index contributed by atoms with van der Waals surface area (Å²) in [5, 5.41) is 27.4. The second kappa shape index (κ2) is 21.5. The van der Waals surface area contributed by atoms with Crippen LogP contribution in [-0.4, -0.2) is 102 Å². The van der Waals surface area contributed by atoms with Crippen molar-refractivity contribution >= 4 is 17.7 Å². The van der Waals surface area contributed by atoms with E-state index in [-0.39, 0.29) is 57.5 Å². The molecule has 9 nitrogen and oxygen atoms in total. The minimum atomic E-state index is -4.37. The van der Waals surface area contributed by atoms with Gasteiger partial charge in [-0.25, -0.2) is 0 Å². The van der Waals surface area contributed by atoms with Crippen molar-refractivity contribution in [1.82, 2.24) is 20.4 Å². The smallest absolute Gasteiger partial charge is 0.390 e. The number of aliphatic hydroxyl groups is 2. The number of aliphatic hydroxyl groups excluding tert-OH is 2. The summed E-state index contributed by atoms with van der Waals surface area (Å²) in [6.07, 6.45) is 10.2. The third-order valence-electron chi connectivity index (χ3n) is 9.05. The van der Waals surface area contributed by atoms with Crippen LogP contribution in [0.3, 0.4) is 0 Å². The summed E-state index contributed by atoms with van der Waals surface area (Å²) in [7, 11) is 2.79. The minimum absolute atomic E-state index is 0.0169. The van der Waals surface area contributed by atoms with Gasteiger partial charge in [0.1, 0.15) is 12.1 Å². The normalized spacial score (nSPS) is 16.8. The molecule has 5 atom stereocenters. The molecule has 1 aliphatic rings. The largest absolute Gasteiger partial charge is 0.401 e. The van der Waals surface area contributed by atoms with Gasteiger partial charge in [0.15, 0.2) is 0 Å². The molecule has 0 bridgehead atoms. The molecular weight excluding hydrogens is 637 g/mol. The Morgan fingerprint density at radius 3 is 2.18 bits per heavy atom. The zero-order chi connectivity index (χ0) is 36.4. The molecule has 0 spiro atoms. The predicted molar refractivity (Wildman–Crippen MR) is 183 cm³/mol. The number of hydrogen-bond donors (Lipinski definition) is 4. The van der Waals surface area contributed by atoms with E-state index in [0.29, 0.717) is 6.42 Å². The van der Waals surface area contributed by atoms with Gasteiger partial charge in [-0.1, -0.05) is 62.4 Å². The van der Waals surface area contributed by atoms with Crippen LogP contribution in [0, 0.1) is 36.5 Å². The number of hydrogen-bond acceptors (Lipinski definition) is 6. The summed E-state index contributed by atoms with van der Waals surface area (Å²) in [5.41, 5.74) is 0.782. The predicted octanol–water partition coefficient (Wildman–Crippen LogP) is 3.68. The van der Waals surface area contributed by atoms with Gasteiger partial charge in [0, 0.05) is 39.4 Å². The number of nitrogens with one attached hydrogen (secondary N) is 2. The number of rotatable bonds is 20. The number of carbonyl (C=O) groups excluding carboxylic acids is 3. The molecule has 12 heteroatoms. The lowest BCUT2D eigenvalue weighted by Gasteiger charge is -2.33. The molecule has 3 amide bonds. The number of halogens is 3. The molecule has 0 aliphatic heterocycles. The molecule has 0 radical (unpaired) electrons. The molecule has 2 rings (SSSR count). The van der Waals surface area contributed by atoms with Gasteiger partial charge in [-0.2, -0.15) is 13.2 Å². The van der Waals surface area contributed by atoms with Gasteiger partial charge in [-0.3, -0.25) is 19.3 Å². The molecule has 1 aromatic rings. The van der Waals surface area contributed by atoms with E-state index < -0.39 is 60.7 Å². The van der Waals surface area contributed by atoms with Crippen LogP contribution >= 0.6 is 0 Å². The fourth-order valence-electron chi connectivity index (χ4n) is 6.16. The van der Waals surface area contributed by atoms with Crippen LogP contribution in [0.25, 0.3) is 0 Å². The van der Waals surface area contributed by atoms with E-state index in [1.165, 1.54) is 19.0 Å². The van der Waals surface area contributed by atoms with E-state index in [1.807, 2.05) is 18.2 Å². The highest BCUT2D eigenvalue weighted by Gasteiger charge is 2.34. The highest BCUT2D eigenvalue weighted by atomic mass is 19.4. The summed E-state index contributed by atoms with van der Waals surface area (Å²) in [4.78, 5) is 43.2. The molecule has 0 unspecified atom stereocenters. The van der Waals surface area contributed by atoms with Crippen molar-refractivity contribution in [2.24, 2.45) is 11.8 Å². The molecule has 272 valence electrons. The minimum Gasteiger partial charge on any atom is -0.390 e. The van der Waals surface area contributed by atoms with E-state index in [2.05, 4.69) is 22.5 Å². The third kappa shape index (κ3) is 16.1. The van der Waals surface area contributed by atoms with Crippen molar-refractivity contribution in [3.8, 4) is 24.7 Å². The van der Waals surface area contributed by atoms with Gasteiger partial charge in [0.2, 0.25) is 17.7 Å². The van der Waals surface area contributed by atoms with Crippen molar-refractivity contribution in [1.29, 1.82) is 0 Å². The summed E-state index contributed by atoms with van der Waals surface area (Å²) in [6.45, 7) is -1.11. The van der Waals surface area contributed by atoms with E-state index in [9.17, 15) is 37.8 Å². The Labute approximate surface area is 289 Å². The maximum atomic E-state index is 13.8. The average molecular weight is 691 g/mol. The van der Waals surface area contributed by atoms with Crippen LogP contribution in [0.15, 0.2) is 30.3 Å². The van der Waals surface area contributed by atoms with E-state index in [0.717, 1.165) is 42.6 Å². The molecule has 1 aromatic carbocycles. The second-order valence-electron chi connectivity index (χ2n) is 13.2. The van der Waals surface area contributed by atoms with Gasteiger partial charge >= 0.3 is 6.18 Å². The summed E-state index contributed by atoms with van der Waals surface area (Å²) in [6, 6.07) is 7.16. The molecule has 4 N–H and O–H groups in total. The number of nitrogens with zero attached hydrogens (tertiary/aromatic N) is 2. The van der Waals surface area contributed by atoms with Crippen molar-refractivity contribution in [2.45, 2.75) is 108 Å². The molecule has 1 fully saturated rings. The van der Waals surface area contributed by atoms with Gasteiger partial charge in [0.05, 0.1) is 24.6 Å². The van der Waals surface area contributed by atoms with Crippen molar-refractivity contribution < 1.29 is 37.8 Å². The number of terminal acetylenes is 2. The Kier molecular flexibility index (Phi) is 18.2. The zero-order valence-corrected chi connectivity index (χ0v) is 28.8. The van der Waals surface area contributed by atoms with Gasteiger partial charge in [0.25, 0.3) is 0 Å². The summed E-state index contributed by atoms with van der Waals surface area (Å²) >= 11 is 0. The second-order valence-corrected chi connectivity index (χ2v) is 13.2. The van der Waals surface area contributed by atoms with Crippen molar-refractivity contribution in [3.05, 3.63) is 35.9 Å². The SMILES string of the molecule is C#CCC[C@H](NC(=O)[C@@H](CC(=O)N(C)CCN(C)CC(F)(F)F)Cc1ccccc1)C(=O)N[C@@H](CC1CCCCC1)[C@@H](O)[C@@H](O)CCC#C. The third-order valence-corrected chi connectivity index (χ3v) is 9.05. The van der Waals surface area contributed by atoms with Crippen LogP contribution in [0.4, 0.5) is 13.2 Å². The quantitative estimate of drug-likeness (QED) is 0.155. The Morgan fingerprint density at radius 1 is 0.939 bits per heavy atom. The molecule has 0 saturated heterocycles. The molecule has 1 aliphatic carbocycles. The lowest BCUT2D eigenvalue weighted by Crippen LogP contribution is -2.56. The topological polar surface area (TPSA) is 122 Å². The lowest BCUT2D eigenvalue weighted by atomic mass is 9.82. The maximum Gasteiger partial charge on any atom is 0.401 e. The Bertz CT molecular complexity index is 1240. The number of carbonyl (C=O) groups is 3. The van der Waals surface area contributed by atoms with Crippen LogP contribution in [0.1, 0.15) is 76.2 Å². The first-order valence-electron chi connectivity index (χ1n) is 17.1. The molecule has 1 saturated carbocycles.